The zero-order chi connectivity index (χ0) is 18.8. The van der Waals surface area contributed by atoms with Gasteiger partial charge in [-0.15, -0.1) is 0 Å². The monoisotopic (exact) mass is 444 g/mol. The van der Waals surface area contributed by atoms with Gasteiger partial charge in [-0.1, -0.05) is 46.6 Å². The van der Waals surface area contributed by atoms with Crippen LogP contribution in [0.25, 0.3) is 22.3 Å². The number of fused-ring (bicyclic) bond motifs is 1. The molecule has 2 aromatic carbocycles. The highest BCUT2D eigenvalue weighted by Gasteiger charge is 2.23. The molecule has 1 unspecified atom stereocenters. The number of halogens is 2. The normalized spacial score (nSPS) is 17.5. The minimum absolute atomic E-state index is 0.551. The van der Waals surface area contributed by atoms with Gasteiger partial charge >= 0.3 is 0 Å². The number of nitrogens with one attached hydrogen (secondary N) is 1. The lowest BCUT2D eigenvalue weighted by Gasteiger charge is -2.23. The van der Waals surface area contributed by atoms with E-state index in [4.69, 9.17) is 21.6 Å². The quantitative estimate of drug-likeness (QED) is 0.554. The minimum Gasteiger partial charge on any atom is -0.368 e. The topological polar surface area (TPSA) is 41.0 Å². The number of hydrogen-bond donors (Lipinski definition) is 1. The fourth-order valence-electron chi connectivity index (χ4n) is 3.72. The predicted octanol–water partition coefficient (Wildman–Crippen LogP) is 5.61. The van der Waals surface area contributed by atoms with Gasteiger partial charge in [0.25, 0.3) is 0 Å². The van der Waals surface area contributed by atoms with Crippen LogP contribution in [0, 0.1) is 0 Å². The van der Waals surface area contributed by atoms with Crippen LogP contribution in [0.15, 0.2) is 46.9 Å². The molecule has 0 radical (unpaired) electrons. The van der Waals surface area contributed by atoms with Crippen molar-refractivity contribution in [1.82, 2.24) is 14.9 Å². The average Bonchev–Trinajstić information content (AvgIpc) is 3.14. The summed E-state index contributed by atoms with van der Waals surface area (Å²) in [6, 6.07) is 14.4. The highest BCUT2D eigenvalue weighted by molar-refractivity contribution is 9.10. The van der Waals surface area contributed by atoms with E-state index < -0.39 is 0 Å². The molecular weight excluding hydrogens is 424 g/mol. The fourth-order valence-corrected chi connectivity index (χ4v) is 4.16. The van der Waals surface area contributed by atoms with Gasteiger partial charge in [-0.2, -0.15) is 0 Å². The first kappa shape index (κ1) is 18.7. The summed E-state index contributed by atoms with van der Waals surface area (Å²) in [6.45, 7) is 5.38. The lowest BCUT2D eigenvalue weighted by Crippen LogP contribution is -2.34. The van der Waals surface area contributed by atoms with E-state index in [1.165, 1.54) is 19.4 Å². The lowest BCUT2D eigenvalue weighted by atomic mass is 10.1. The van der Waals surface area contributed by atoms with E-state index in [9.17, 15) is 0 Å². The molecule has 1 N–H and O–H groups in total. The van der Waals surface area contributed by atoms with Crippen molar-refractivity contribution in [2.75, 3.05) is 25.0 Å². The second-order valence-corrected chi connectivity index (χ2v) is 8.22. The number of rotatable bonds is 5. The predicted molar refractivity (Wildman–Crippen MR) is 116 cm³/mol. The minimum atomic E-state index is 0.551. The van der Waals surface area contributed by atoms with Gasteiger partial charge in [0.15, 0.2) is 5.82 Å². The molecule has 0 saturated carbocycles. The van der Waals surface area contributed by atoms with E-state index in [1.807, 2.05) is 42.5 Å². The van der Waals surface area contributed by atoms with E-state index >= 15 is 0 Å². The lowest BCUT2D eigenvalue weighted by molar-refractivity contribution is 0.277. The Labute approximate surface area is 173 Å². The summed E-state index contributed by atoms with van der Waals surface area (Å²) < 4.78 is 1.04. The number of benzene rings is 2. The third-order valence-corrected chi connectivity index (χ3v) is 5.93. The van der Waals surface area contributed by atoms with Crippen LogP contribution in [0.1, 0.15) is 19.8 Å². The van der Waals surface area contributed by atoms with Crippen LogP contribution in [0.5, 0.6) is 0 Å². The van der Waals surface area contributed by atoms with Gasteiger partial charge in [-0.3, -0.25) is 4.90 Å². The van der Waals surface area contributed by atoms with E-state index in [0.717, 1.165) is 45.7 Å². The summed E-state index contributed by atoms with van der Waals surface area (Å²) >= 11 is 9.72. The molecule has 0 bridgehead atoms. The summed E-state index contributed by atoms with van der Waals surface area (Å²) in [5, 5.41) is 5.24. The number of likely N-dealkylation sites (tertiary alicyclic amines) is 1. The van der Waals surface area contributed by atoms with Crippen molar-refractivity contribution in [3.05, 3.63) is 52.0 Å². The van der Waals surface area contributed by atoms with Crippen molar-refractivity contribution in [1.29, 1.82) is 0 Å². The Morgan fingerprint density at radius 2 is 2.00 bits per heavy atom. The Hall–Kier alpha value is -1.69. The molecule has 4 nitrogen and oxygen atoms in total. The van der Waals surface area contributed by atoms with Crippen molar-refractivity contribution in [2.24, 2.45) is 0 Å². The third-order valence-electron chi connectivity index (χ3n) is 5.17. The summed E-state index contributed by atoms with van der Waals surface area (Å²) in [5.74, 6) is 1.57. The molecule has 140 valence electrons. The van der Waals surface area contributed by atoms with Crippen LogP contribution in [0.4, 0.5) is 5.82 Å². The van der Waals surface area contributed by atoms with Crippen LogP contribution >= 0.6 is 27.5 Å². The first-order valence-electron chi connectivity index (χ1n) is 9.35. The number of likely N-dealkylation sites (N-methyl/N-ethyl adjacent to an activating group) is 1. The van der Waals surface area contributed by atoms with Crippen LogP contribution in [0.2, 0.25) is 5.02 Å². The van der Waals surface area contributed by atoms with Gasteiger partial charge in [0.05, 0.1) is 5.52 Å². The molecule has 3 aromatic rings. The van der Waals surface area contributed by atoms with Crippen LogP contribution in [-0.2, 0) is 0 Å². The molecule has 1 aromatic heterocycles. The molecule has 0 spiro atoms. The standard InChI is InChI=1S/C21H22BrClN4/c1-2-27-11-3-4-17(27)13-24-21-18-12-16(23)9-10-19(18)25-20(26-21)14-5-7-15(22)8-6-14/h5-10,12,17H,2-4,11,13H2,1H3,(H,24,25,26). The van der Waals surface area contributed by atoms with Crippen molar-refractivity contribution in [2.45, 2.75) is 25.8 Å². The Balaban J connectivity index is 1.70. The maximum atomic E-state index is 6.24. The highest BCUT2D eigenvalue weighted by Crippen LogP contribution is 2.28. The third kappa shape index (κ3) is 4.10. The van der Waals surface area contributed by atoms with Crippen molar-refractivity contribution in [3.8, 4) is 11.4 Å². The molecule has 1 saturated heterocycles. The zero-order valence-corrected chi connectivity index (χ0v) is 17.6. The fraction of sp³-hybridized carbons (Fsp3) is 0.333. The first-order chi connectivity index (χ1) is 13.1. The first-order valence-corrected chi connectivity index (χ1v) is 10.5. The molecule has 1 aliphatic rings. The van der Waals surface area contributed by atoms with Gasteiger partial charge in [0.1, 0.15) is 5.82 Å². The Morgan fingerprint density at radius 3 is 2.78 bits per heavy atom. The zero-order valence-electron chi connectivity index (χ0n) is 15.3. The molecule has 27 heavy (non-hydrogen) atoms. The van der Waals surface area contributed by atoms with Crippen molar-refractivity contribution in [3.63, 3.8) is 0 Å². The second kappa shape index (κ2) is 8.13. The highest BCUT2D eigenvalue weighted by atomic mass is 79.9. The largest absolute Gasteiger partial charge is 0.368 e. The van der Waals surface area contributed by atoms with Gasteiger partial charge < -0.3 is 5.32 Å². The smallest absolute Gasteiger partial charge is 0.162 e. The van der Waals surface area contributed by atoms with E-state index in [2.05, 4.69) is 33.1 Å². The van der Waals surface area contributed by atoms with Crippen molar-refractivity contribution >= 4 is 44.3 Å². The van der Waals surface area contributed by atoms with Crippen LogP contribution < -0.4 is 5.32 Å². The van der Waals surface area contributed by atoms with Gasteiger partial charge in [0, 0.05) is 33.0 Å². The maximum Gasteiger partial charge on any atom is 0.162 e. The molecule has 2 heterocycles. The summed E-state index contributed by atoms with van der Waals surface area (Å²) in [7, 11) is 0. The van der Waals surface area contributed by atoms with Gasteiger partial charge in [-0.25, -0.2) is 9.97 Å². The van der Waals surface area contributed by atoms with E-state index in [0.29, 0.717) is 11.1 Å². The van der Waals surface area contributed by atoms with E-state index in [1.54, 1.807) is 0 Å². The Kier molecular flexibility index (Phi) is 5.62. The molecule has 1 atom stereocenters. The maximum absolute atomic E-state index is 6.24. The van der Waals surface area contributed by atoms with E-state index in [-0.39, 0.29) is 0 Å². The van der Waals surface area contributed by atoms with Gasteiger partial charge in [-0.05, 0) is 56.3 Å². The van der Waals surface area contributed by atoms with Gasteiger partial charge in [0.2, 0.25) is 0 Å². The molecule has 6 heteroatoms. The molecule has 1 fully saturated rings. The molecule has 1 aliphatic heterocycles. The molecule has 0 aliphatic carbocycles. The molecule has 4 rings (SSSR count). The molecule has 0 amide bonds. The van der Waals surface area contributed by atoms with Crippen molar-refractivity contribution < 1.29 is 0 Å². The van der Waals surface area contributed by atoms with Crippen LogP contribution in [0.3, 0.4) is 0 Å². The summed E-state index contributed by atoms with van der Waals surface area (Å²) in [5.41, 5.74) is 1.89. The summed E-state index contributed by atoms with van der Waals surface area (Å²) in [4.78, 5) is 12.1. The number of nitrogens with zero attached hydrogens (tertiary/aromatic N) is 3. The summed E-state index contributed by atoms with van der Waals surface area (Å²) in [6.07, 6.45) is 2.49. The average molecular weight is 446 g/mol. The Bertz CT molecular complexity index is 945. The number of hydrogen-bond acceptors (Lipinski definition) is 4. The van der Waals surface area contributed by atoms with Crippen LogP contribution in [-0.4, -0.2) is 40.5 Å². The number of anilines is 1. The number of aromatic nitrogens is 2. The second-order valence-electron chi connectivity index (χ2n) is 6.87. The SMILES string of the molecule is CCN1CCCC1CNc1nc(-c2ccc(Br)cc2)nc2ccc(Cl)cc12. The molecular formula is C21H22BrClN4. The Morgan fingerprint density at radius 1 is 1.19 bits per heavy atom.